The third-order valence-corrected chi connectivity index (χ3v) is 7.10. The molecule has 3 aromatic rings. The molecule has 0 saturated heterocycles. The predicted molar refractivity (Wildman–Crippen MR) is 100.0 cm³/mol. The third kappa shape index (κ3) is 3.21. The van der Waals surface area contributed by atoms with Crippen molar-refractivity contribution in [1.29, 1.82) is 0 Å². The first-order valence-corrected chi connectivity index (χ1v) is 9.54. The molecule has 3 rings (SSSR count). The zero-order valence-corrected chi connectivity index (χ0v) is 13.8. The number of hydrogen-bond acceptors (Lipinski definition) is 1. The van der Waals surface area contributed by atoms with Gasteiger partial charge in [-0.2, -0.15) is 0 Å². The molecule has 0 aliphatic heterocycles. The maximum atomic E-state index is 14.1. The van der Waals surface area contributed by atoms with E-state index in [-0.39, 0.29) is 0 Å². The van der Waals surface area contributed by atoms with E-state index in [2.05, 4.69) is 6.58 Å². The van der Waals surface area contributed by atoms with E-state index in [0.29, 0.717) is 6.16 Å². The Morgan fingerprint density at radius 3 is 2.00 bits per heavy atom. The molecule has 1 atom stereocenters. The van der Waals surface area contributed by atoms with E-state index >= 15 is 0 Å². The molecular weight excluding hydrogens is 299 g/mol. The fourth-order valence-electron chi connectivity index (χ4n) is 2.81. The van der Waals surface area contributed by atoms with Crippen LogP contribution in [0.1, 0.15) is 11.1 Å². The van der Waals surface area contributed by atoms with Gasteiger partial charge in [-0.3, -0.25) is 0 Å². The van der Waals surface area contributed by atoms with Crippen molar-refractivity contribution in [3.63, 3.8) is 0 Å². The molecular formula is C21H19OP. The molecule has 0 aromatic heterocycles. The minimum absolute atomic E-state index is 0.517. The lowest BCUT2D eigenvalue weighted by molar-refractivity contribution is 0.586. The summed E-state index contributed by atoms with van der Waals surface area (Å²) in [6.07, 6.45) is 2.30. The summed E-state index contributed by atoms with van der Waals surface area (Å²) in [5.41, 5.74) is 2.02. The second-order valence-corrected chi connectivity index (χ2v) is 8.28. The zero-order chi connectivity index (χ0) is 16.1. The SMILES string of the molecule is C=Cc1ccccc1P(=O)(Cc1ccccc1)c1ccccc1. The molecule has 0 fully saturated rings. The van der Waals surface area contributed by atoms with Crippen molar-refractivity contribution in [3.8, 4) is 0 Å². The van der Waals surface area contributed by atoms with Crippen LogP contribution in [-0.4, -0.2) is 0 Å². The molecule has 0 aliphatic rings. The average molecular weight is 318 g/mol. The molecule has 1 nitrogen and oxygen atoms in total. The first kappa shape index (κ1) is 15.5. The fourth-order valence-corrected chi connectivity index (χ4v) is 5.73. The molecule has 2 heteroatoms. The summed E-state index contributed by atoms with van der Waals surface area (Å²) < 4.78 is 14.1. The third-order valence-electron chi connectivity index (χ3n) is 3.97. The second-order valence-electron chi connectivity index (χ2n) is 5.48. The molecule has 0 heterocycles. The predicted octanol–water partition coefficient (Wildman–Crippen LogP) is 4.84. The molecule has 0 bridgehead atoms. The summed E-state index contributed by atoms with van der Waals surface area (Å²) in [5.74, 6) is 0. The van der Waals surface area contributed by atoms with Crippen LogP contribution < -0.4 is 10.6 Å². The lowest BCUT2D eigenvalue weighted by Crippen LogP contribution is -2.19. The molecule has 0 radical (unpaired) electrons. The Kier molecular flexibility index (Phi) is 4.60. The Morgan fingerprint density at radius 1 is 0.783 bits per heavy atom. The highest BCUT2D eigenvalue weighted by atomic mass is 31.2. The summed E-state index contributed by atoms with van der Waals surface area (Å²) >= 11 is 0. The molecule has 0 spiro atoms. The van der Waals surface area contributed by atoms with E-state index in [4.69, 9.17) is 0 Å². The van der Waals surface area contributed by atoms with Crippen LogP contribution in [-0.2, 0) is 10.7 Å². The molecule has 1 unspecified atom stereocenters. The molecule has 114 valence electrons. The zero-order valence-electron chi connectivity index (χ0n) is 12.9. The molecule has 0 N–H and O–H groups in total. The second kappa shape index (κ2) is 6.81. The minimum atomic E-state index is -2.77. The number of benzene rings is 3. The van der Waals surface area contributed by atoms with Crippen molar-refractivity contribution >= 4 is 23.8 Å². The van der Waals surface area contributed by atoms with E-state index in [1.807, 2.05) is 84.9 Å². The first-order chi connectivity index (χ1) is 11.2. The van der Waals surface area contributed by atoms with Gasteiger partial charge in [-0.1, -0.05) is 97.6 Å². The van der Waals surface area contributed by atoms with Crippen LogP contribution in [0.25, 0.3) is 6.08 Å². The van der Waals surface area contributed by atoms with Crippen molar-refractivity contribution in [3.05, 3.63) is 103 Å². The van der Waals surface area contributed by atoms with Crippen LogP contribution in [0.15, 0.2) is 91.5 Å². The van der Waals surface area contributed by atoms with E-state index in [1.54, 1.807) is 6.08 Å². The van der Waals surface area contributed by atoms with Crippen LogP contribution in [0.3, 0.4) is 0 Å². The average Bonchev–Trinajstić information content (AvgIpc) is 2.63. The van der Waals surface area contributed by atoms with Gasteiger partial charge in [0, 0.05) is 16.8 Å². The van der Waals surface area contributed by atoms with Crippen LogP contribution >= 0.6 is 7.14 Å². The summed E-state index contributed by atoms with van der Waals surface area (Å²) in [6, 6.07) is 27.6. The lowest BCUT2D eigenvalue weighted by atomic mass is 10.2. The molecule has 0 aliphatic carbocycles. The Labute approximate surface area is 137 Å². The highest BCUT2D eigenvalue weighted by Gasteiger charge is 2.29. The van der Waals surface area contributed by atoms with Crippen LogP contribution in [0.5, 0.6) is 0 Å². The van der Waals surface area contributed by atoms with Gasteiger partial charge in [0.15, 0.2) is 0 Å². The van der Waals surface area contributed by atoms with E-state index < -0.39 is 7.14 Å². The smallest absolute Gasteiger partial charge is 0.148 e. The number of hydrogen-bond donors (Lipinski definition) is 0. The Morgan fingerprint density at radius 2 is 1.35 bits per heavy atom. The van der Waals surface area contributed by atoms with Crippen molar-refractivity contribution in [1.82, 2.24) is 0 Å². The van der Waals surface area contributed by atoms with E-state index in [9.17, 15) is 4.57 Å². The van der Waals surface area contributed by atoms with E-state index in [1.165, 1.54) is 0 Å². The minimum Gasteiger partial charge on any atom is -0.313 e. The van der Waals surface area contributed by atoms with Crippen molar-refractivity contribution in [2.24, 2.45) is 0 Å². The molecule has 0 amide bonds. The van der Waals surface area contributed by atoms with Gasteiger partial charge in [-0.05, 0) is 11.1 Å². The summed E-state index contributed by atoms with van der Waals surface area (Å²) in [5, 5.41) is 1.77. The Hall–Kier alpha value is -2.37. The van der Waals surface area contributed by atoms with Gasteiger partial charge in [0.2, 0.25) is 0 Å². The summed E-state index contributed by atoms with van der Waals surface area (Å²) in [6.45, 7) is 3.88. The monoisotopic (exact) mass is 318 g/mol. The lowest BCUT2D eigenvalue weighted by Gasteiger charge is -2.21. The normalized spacial score (nSPS) is 13.2. The van der Waals surface area contributed by atoms with Gasteiger partial charge in [-0.15, -0.1) is 0 Å². The fraction of sp³-hybridized carbons (Fsp3) is 0.0476. The molecule has 3 aromatic carbocycles. The maximum Gasteiger partial charge on any atom is 0.148 e. The van der Waals surface area contributed by atoms with Crippen LogP contribution in [0, 0.1) is 0 Å². The van der Waals surface area contributed by atoms with Gasteiger partial charge in [-0.25, -0.2) is 0 Å². The molecule has 0 saturated carbocycles. The topological polar surface area (TPSA) is 17.1 Å². The van der Waals surface area contributed by atoms with Gasteiger partial charge >= 0.3 is 0 Å². The van der Waals surface area contributed by atoms with E-state index in [0.717, 1.165) is 21.7 Å². The first-order valence-electron chi connectivity index (χ1n) is 7.65. The van der Waals surface area contributed by atoms with Crippen molar-refractivity contribution < 1.29 is 4.57 Å². The number of rotatable bonds is 5. The van der Waals surface area contributed by atoms with Gasteiger partial charge in [0.05, 0.1) is 0 Å². The highest BCUT2D eigenvalue weighted by molar-refractivity contribution is 7.78. The van der Waals surface area contributed by atoms with Crippen LogP contribution in [0.2, 0.25) is 0 Å². The maximum absolute atomic E-state index is 14.1. The van der Waals surface area contributed by atoms with Crippen molar-refractivity contribution in [2.45, 2.75) is 6.16 Å². The van der Waals surface area contributed by atoms with Crippen LogP contribution in [0.4, 0.5) is 0 Å². The summed E-state index contributed by atoms with van der Waals surface area (Å²) in [7, 11) is -2.77. The quantitative estimate of drug-likeness (QED) is 0.615. The Balaban J connectivity index is 2.18. The van der Waals surface area contributed by atoms with Gasteiger partial charge < -0.3 is 4.57 Å². The van der Waals surface area contributed by atoms with Gasteiger partial charge in [0.1, 0.15) is 7.14 Å². The Bertz CT molecular complexity index is 838. The highest BCUT2D eigenvalue weighted by Crippen LogP contribution is 2.47. The standard InChI is InChI=1S/C21H19OP/c1-2-19-13-9-10-16-21(19)23(22,20-14-7-4-8-15-20)17-18-11-5-3-6-12-18/h2-16H,1,17H2. The van der Waals surface area contributed by atoms with Crippen molar-refractivity contribution in [2.75, 3.05) is 0 Å². The largest absolute Gasteiger partial charge is 0.313 e. The van der Waals surface area contributed by atoms with Gasteiger partial charge in [0.25, 0.3) is 0 Å². The molecule has 23 heavy (non-hydrogen) atoms. The summed E-state index contributed by atoms with van der Waals surface area (Å²) in [4.78, 5) is 0.